The lowest BCUT2D eigenvalue weighted by molar-refractivity contribution is 0.284. The van der Waals surface area contributed by atoms with E-state index in [2.05, 4.69) is 34.9 Å². The summed E-state index contributed by atoms with van der Waals surface area (Å²) in [6, 6.07) is 24.9. The van der Waals surface area contributed by atoms with Crippen molar-refractivity contribution < 1.29 is 14.2 Å². The molecule has 0 atom stereocenters. The molecular weight excluding hydrogens is 594 g/mol. The zero-order valence-electron chi connectivity index (χ0n) is 24.2. The van der Waals surface area contributed by atoms with E-state index in [1.54, 1.807) is 26.5 Å². The molecule has 0 N–H and O–H groups in total. The minimum Gasteiger partial charge on any atom is -0.496 e. The van der Waals surface area contributed by atoms with Gasteiger partial charge in [-0.3, -0.25) is 4.79 Å². The molecule has 0 saturated carbocycles. The van der Waals surface area contributed by atoms with Crippen LogP contribution in [-0.2, 0) is 6.61 Å². The number of rotatable bonds is 9. The standard InChI is InChI=1S/C34H32BrN3O4/c1-21(2)26-17-27(22(3)15-30(26)40-4)33-37-29-14-10-9-13-25(29)34(39)38(33)36-19-24-16-31(41-5)32(18-28(24)35)42-20-23-11-7-6-8-12-23/h6-19,21H,20H2,1-5H3. The van der Waals surface area contributed by atoms with Gasteiger partial charge in [-0.2, -0.15) is 9.78 Å². The summed E-state index contributed by atoms with van der Waals surface area (Å²) in [6.07, 6.45) is 1.62. The van der Waals surface area contributed by atoms with Crippen LogP contribution in [-0.4, -0.2) is 30.1 Å². The number of aryl methyl sites for hydroxylation is 1. The van der Waals surface area contributed by atoms with Crippen LogP contribution in [0.5, 0.6) is 17.2 Å². The van der Waals surface area contributed by atoms with Crippen molar-refractivity contribution in [2.24, 2.45) is 5.10 Å². The molecule has 0 unspecified atom stereocenters. The van der Waals surface area contributed by atoms with E-state index in [0.29, 0.717) is 40.4 Å². The van der Waals surface area contributed by atoms with E-state index in [0.717, 1.165) is 32.5 Å². The molecule has 0 aliphatic carbocycles. The number of para-hydroxylation sites is 1. The molecule has 8 heteroatoms. The third-order valence-electron chi connectivity index (χ3n) is 7.03. The Bertz CT molecular complexity index is 1830. The van der Waals surface area contributed by atoms with Crippen LogP contribution in [0.15, 0.2) is 93.2 Å². The number of aromatic nitrogens is 2. The van der Waals surface area contributed by atoms with Gasteiger partial charge in [0, 0.05) is 15.6 Å². The summed E-state index contributed by atoms with van der Waals surface area (Å²) >= 11 is 3.64. The maximum absolute atomic E-state index is 13.8. The van der Waals surface area contributed by atoms with Crippen molar-refractivity contribution in [2.75, 3.05) is 14.2 Å². The van der Waals surface area contributed by atoms with Crippen molar-refractivity contribution in [1.82, 2.24) is 9.66 Å². The van der Waals surface area contributed by atoms with Crippen LogP contribution in [0.1, 0.15) is 42.0 Å². The van der Waals surface area contributed by atoms with Gasteiger partial charge >= 0.3 is 0 Å². The molecule has 4 aromatic carbocycles. The van der Waals surface area contributed by atoms with Crippen molar-refractivity contribution in [1.29, 1.82) is 0 Å². The Morgan fingerprint density at radius 1 is 0.929 bits per heavy atom. The highest BCUT2D eigenvalue weighted by atomic mass is 79.9. The molecular formula is C34H32BrN3O4. The number of benzene rings is 4. The summed E-state index contributed by atoms with van der Waals surface area (Å²) in [4.78, 5) is 18.7. The van der Waals surface area contributed by atoms with Gasteiger partial charge in [0.1, 0.15) is 12.4 Å². The fourth-order valence-electron chi connectivity index (χ4n) is 4.75. The van der Waals surface area contributed by atoms with E-state index in [1.165, 1.54) is 4.68 Å². The topological polar surface area (TPSA) is 74.9 Å². The highest BCUT2D eigenvalue weighted by Crippen LogP contribution is 2.35. The second-order valence-electron chi connectivity index (χ2n) is 10.2. The number of hydrogen-bond acceptors (Lipinski definition) is 6. The van der Waals surface area contributed by atoms with Gasteiger partial charge in [-0.15, -0.1) is 0 Å². The molecule has 0 aliphatic heterocycles. The van der Waals surface area contributed by atoms with Crippen LogP contribution in [0.25, 0.3) is 22.3 Å². The average molecular weight is 627 g/mol. The lowest BCUT2D eigenvalue weighted by Crippen LogP contribution is -2.21. The Hall–Kier alpha value is -4.43. The van der Waals surface area contributed by atoms with Crippen LogP contribution in [0.3, 0.4) is 0 Å². The minimum atomic E-state index is -0.265. The minimum absolute atomic E-state index is 0.203. The lowest BCUT2D eigenvalue weighted by Gasteiger charge is -2.17. The molecule has 0 aliphatic rings. The summed E-state index contributed by atoms with van der Waals surface area (Å²) in [5.74, 6) is 2.59. The second kappa shape index (κ2) is 12.6. The molecule has 1 aromatic heterocycles. The third-order valence-corrected chi connectivity index (χ3v) is 7.71. The Morgan fingerprint density at radius 3 is 2.36 bits per heavy atom. The first kappa shape index (κ1) is 29.1. The fourth-order valence-corrected chi connectivity index (χ4v) is 5.17. The zero-order valence-corrected chi connectivity index (χ0v) is 25.8. The number of nitrogens with zero attached hydrogens (tertiary/aromatic N) is 3. The molecule has 0 bridgehead atoms. The molecule has 214 valence electrons. The molecule has 0 fully saturated rings. The van der Waals surface area contributed by atoms with Gasteiger partial charge in [-0.05, 0) is 81.9 Å². The maximum Gasteiger partial charge on any atom is 0.282 e. The van der Waals surface area contributed by atoms with Crippen LogP contribution in [0.2, 0.25) is 0 Å². The van der Waals surface area contributed by atoms with Gasteiger partial charge in [-0.1, -0.05) is 56.3 Å². The van der Waals surface area contributed by atoms with Crippen LogP contribution in [0.4, 0.5) is 0 Å². The van der Waals surface area contributed by atoms with Crippen LogP contribution < -0.4 is 19.8 Å². The maximum atomic E-state index is 13.8. The van der Waals surface area contributed by atoms with Gasteiger partial charge in [0.05, 0.1) is 31.3 Å². The largest absolute Gasteiger partial charge is 0.496 e. The van der Waals surface area contributed by atoms with Crippen molar-refractivity contribution in [2.45, 2.75) is 33.3 Å². The van der Waals surface area contributed by atoms with Crippen molar-refractivity contribution in [3.63, 3.8) is 0 Å². The van der Waals surface area contributed by atoms with E-state index in [-0.39, 0.29) is 11.5 Å². The van der Waals surface area contributed by atoms with Gasteiger partial charge in [-0.25, -0.2) is 4.98 Å². The van der Waals surface area contributed by atoms with Gasteiger partial charge in [0.25, 0.3) is 5.56 Å². The van der Waals surface area contributed by atoms with E-state index in [1.807, 2.05) is 79.7 Å². The Labute approximate surface area is 253 Å². The number of methoxy groups -OCH3 is 2. The smallest absolute Gasteiger partial charge is 0.282 e. The molecule has 0 amide bonds. The van der Waals surface area contributed by atoms with Crippen molar-refractivity contribution in [3.8, 4) is 28.6 Å². The molecule has 0 radical (unpaired) electrons. The predicted molar refractivity (Wildman–Crippen MR) is 171 cm³/mol. The lowest BCUT2D eigenvalue weighted by atomic mass is 9.96. The molecule has 0 saturated heterocycles. The van der Waals surface area contributed by atoms with Crippen LogP contribution >= 0.6 is 15.9 Å². The van der Waals surface area contributed by atoms with E-state index in [4.69, 9.17) is 19.2 Å². The fraction of sp³-hybridized carbons (Fsp3) is 0.206. The van der Waals surface area contributed by atoms with Crippen molar-refractivity contribution >= 4 is 33.0 Å². The number of hydrogen-bond donors (Lipinski definition) is 0. The first-order valence-electron chi connectivity index (χ1n) is 13.6. The number of halogens is 1. The highest BCUT2D eigenvalue weighted by molar-refractivity contribution is 9.10. The Kier molecular flexibility index (Phi) is 8.73. The average Bonchev–Trinajstić information content (AvgIpc) is 3.00. The summed E-state index contributed by atoms with van der Waals surface area (Å²) < 4.78 is 19.4. The zero-order chi connectivity index (χ0) is 29.8. The van der Waals surface area contributed by atoms with E-state index < -0.39 is 0 Å². The van der Waals surface area contributed by atoms with Crippen LogP contribution in [0, 0.1) is 6.92 Å². The molecule has 0 spiro atoms. The molecule has 42 heavy (non-hydrogen) atoms. The quantitative estimate of drug-likeness (QED) is 0.157. The molecule has 7 nitrogen and oxygen atoms in total. The SMILES string of the molecule is COc1cc(C=Nn2c(-c3cc(C(C)C)c(OC)cc3C)nc3ccccc3c2=O)c(Br)cc1OCc1ccccc1. The number of fused-ring (bicyclic) bond motifs is 1. The van der Waals surface area contributed by atoms with E-state index >= 15 is 0 Å². The van der Waals surface area contributed by atoms with Gasteiger partial charge in [0.15, 0.2) is 17.3 Å². The Balaban J connectivity index is 1.60. The second-order valence-corrected chi connectivity index (χ2v) is 11.0. The van der Waals surface area contributed by atoms with E-state index in [9.17, 15) is 4.79 Å². The van der Waals surface area contributed by atoms with Gasteiger partial charge < -0.3 is 14.2 Å². The monoisotopic (exact) mass is 625 g/mol. The molecule has 5 rings (SSSR count). The first-order valence-corrected chi connectivity index (χ1v) is 14.4. The summed E-state index contributed by atoms with van der Waals surface area (Å²) in [5, 5.41) is 5.16. The molecule has 5 aromatic rings. The normalized spacial score (nSPS) is 11.4. The third kappa shape index (κ3) is 5.94. The number of ether oxygens (including phenoxy) is 3. The summed E-state index contributed by atoms with van der Waals surface area (Å²) in [5.41, 5.74) is 4.85. The predicted octanol–water partition coefficient (Wildman–Crippen LogP) is 7.74. The summed E-state index contributed by atoms with van der Waals surface area (Å²) in [7, 11) is 3.26. The summed E-state index contributed by atoms with van der Waals surface area (Å²) in [6.45, 7) is 6.59. The first-order chi connectivity index (χ1) is 20.3. The van der Waals surface area contributed by atoms with Crippen molar-refractivity contribution in [3.05, 3.63) is 116 Å². The molecule has 1 heterocycles. The highest BCUT2D eigenvalue weighted by Gasteiger charge is 2.19. The van der Waals surface area contributed by atoms with Gasteiger partial charge in [0.2, 0.25) is 0 Å². The Morgan fingerprint density at radius 2 is 1.64 bits per heavy atom.